The van der Waals surface area contributed by atoms with Crippen LogP contribution in [-0.4, -0.2) is 40.2 Å². The van der Waals surface area contributed by atoms with E-state index in [2.05, 4.69) is 20.3 Å². The van der Waals surface area contributed by atoms with E-state index < -0.39 is 0 Å². The van der Waals surface area contributed by atoms with Crippen LogP contribution in [-0.2, 0) is 4.79 Å². The van der Waals surface area contributed by atoms with Gasteiger partial charge in [-0.25, -0.2) is 15.0 Å². The fraction of sp³-hybridized carbons (Fsp3) is 0.200. The summed E-state index contributed by atoms with van der Waals surface area (Å²) in [4.78, 5) is 25.8. The molecule has 2 aromatic rings. The van der Waals surface area contributed by atoms with Gasteiger partial charge in [0, 0.05) is 43.8 Å². The highest BCUT2D eigenvalue weighted by Crippen LogP contribution is 2.35. The lowest BCUT2D eigenvalue weighted by Crippen LogP contribution is -2.25. The minimum atomic E-state index is -0.355. The molecule has 3 rings (SSSR count). The van der Waals surface area contributed by atoms with Gasteiger partial charge in [0.25, 0.3) is 0 Å². The third-order valence-electron chi connectivity index (χ3n) is 3.65. The molecule has 1 unspecified atom stereocenters. The molecule has 0 spiro atoms. The van der Waals surface area contributed by atoms with Crippen LogP contribution in [0.25, 0.3) is 17.3 Å². The number of nitrogens with zero attached hydrogens (tertiary/aromatic N) is 4. The molecule has 22 heavy (non-hydrogen) atoms. The molecule has 1 aliphatic rings. The first-order valence-electron chi connectivity index (χ1n) is 6.80. The largest absolute Gasteiger partial charge is 0.373 e. The summed E-state index contributed by atoms with van der Waals surface area (Å²) in [6.45, 7) is 0. The van der Waals surface area contributed by atoms with Crippen LogP contribution in [0.4, 0.5) is 11.8 Å². The van der Waals surface area contributed by atoms with Crippen molar-refractivity contribution in [3.63, 3.8) is 0 Å². The van der Waals surface area contributed by atoms with E-state index in [-0.39, 0.29) is 12.0 Å². The Labute approximate surface area is 127 Å². The molecule has 112 valence electrons. The molecule has 0 saturated carbocycles. The van der Waals surface area contributed by atoms with Gasteiger partial charge in [0.05, 0.1) is 5.69 Å². The predicted octanol–water partition coefficient (Wildman–Crippen LogP) is 1.32. The van der Waals surface area contributed by atoms with E-state index in [0.717, 1.165) is 28.7 Å². The van der Waals surface area contributed by atoms with E-state index in [1.165, 1.54) is 0 Å². The SMILES string of the molecule is CNc1nc(-c2cnc(N)nc2)cc2c1C(C=O)N(C)C=C2. The second-order valence-electron chi connectivity index (χ2n) is 5.00. The predicted molar refractivity (Wildman–Crippen MR) is 84.8 cm³/mol. The Morgan fingerprint density at radius 3 is 2.73 bits per heavy atom. The molecule has 3 N–H and O–H groups in total. The van der Waals surface area contributed by atoms with Crippen molar-refractivity contribution in [3.05, 3.63) is 35.8 Å². The van der Waals surface area contributed by atoms with Crippen molar-refractivity contribution >= 4 is 24.1 Å². The minimum absolute atomic E-state index is 0.220. The first kappa shape index (κ1) is 14.0. The van der Waals surface area contributed by atoms with Crippen molar-refractivity contribution in [1.82, 2.24) is 19.9 Å². The summed E-state index contributed by atoms with van der Waals surface area (Å²) in [5.74, 6) is 0.885. The number of carbonyl (C=O) groups is 1. The minimum Gasteiger partial charge on any atom is -0.373 e. The van der Waals surface area contributed by atoms with E-state index in [1.807, 2.05) is 30.3 Å². The van der Waals surface area contributed by atoms with Crippen LogP contribution in [0.3, 0.4) is 0 Å². The number of anilines is 2. The number of carbonyl (C=O) groups excluding carboxylic acids is 1. The number of hydrogen-bond acceptors (Lipinski definition) is 7. The van der Waals surface area contributed by atoms with Gasteiger partial charge in [0.2, 0.25) is 5.95 Å². The molecule has 0 aromatic carbocycles. The number of aromatic nitrogens is 3. The number of aldehydes is 1. The highest BCUT2D eigenvalue weighted by molar-refractivity contribution is 5.78. The molecule has 0 radical (unpaired) electrons. The quantitative estimate of drug-likeness (QED) is 0.824. The highest BCUT2D eigenvalue weighted by atomic mass is 16.1. The molecule has 3 heterocycles. The summed E-state index contributed by atoms with van der Waals surface area (Å²) in [5.41, 5.74) is 8.81. The molecule has 7 heteroatoms. The third kappa shape index (κ3) is 2.26. The van der Waals surface area contributed by atoms with Gasteiger partial charge in [-0.3, -0.25) is 0 Å². The maximum Gasteiger partial charge on any atom is 0.219 e. The average Bonchev–Trinajstić information content (AvgIpc) is 2.54. The van der Waals surface area contributed by atoms with Gasteiger partial charge >= 0.3 is 0 Å². The zero-order chi connectivity index (χ0) is 15.7. The highest BCUT2D eigenvalue weighted by Gasteiger charge is 2.25. The van der Waals surface area contributed by atoms with Crippen LogP contribution in [0.2, 0.25) is 0 Å². The Hall–Kier alpha value is -2.96. The van der Waals surface area contributed by atoms with E-state index in [9.17, 15) is 4.79 Å². The summed E-state index contributed by atoms with van der Waals surface area (Å²) in [6, 6.07) is 1.57. The molecular weight excluding hydrogens is 280 g/mol. The third-order valence-corrected chi connectivity index (χ3v) is 3.65. The van der Waals surface area contributed by atoms with Crippen molar-refractivity contribution in [2.75, 3.05) is 25.1 Å². The molecule has 1 atom stereocenters. The van der Waals surface area contributed by atoms with Crippen LogP contribution < -0.4 is 11.1 Å². The summed E-state index contributed by atoms with van der Waals surface area (Å²) >= 11 is 0. The number of fused-ring (bicyclic) bond motifs is 1. The summed E-state index contributed by atoms with van der Waals surface area (Å²) in [7, 11) is 3.64. The van der Waals surface area contributed by atoms with Gasteiger partial charge in [-0.1, -0.05) is 0 Å². The summed E-state index contributed by atoms with van der Waals surface area (Å²) in [6.07, 6.45) is 8.01. The van der Waals surface area contributed by atoms with Crippen LogP contribution in [0.15, 0.2) is 24.7 Å². The van der Waals surface area contributed by atoms with E-state index in [1.54, 1.807) is 19.4 Å². The van der Waals surface area contributed by atoms with Gasteiger partial charge in [0.1, 0.15) is 18.1 Å². The monoisotopic (exact) mass is 296 g/mol. The Kier molecular flexibility index (Phi) is 3.46. The van der Waals surface area contributed by atoms with Crippen molar-refractivity contribution in [2.45, 2.75) is 6.04 Å². The van der Waals surface area contributed by atoms with Crippen LogP contribution in [0.1, 0.15) is 17.2 Å². The number of likely N-dealkylation sites (N-methyl/N-ethyl adjacent to an activating group) is 1. The molecule has 0 bridgehead atoms. The summed E-state index contributed by atoms with van der Waals surface area (Å²) < 4.78 is 0. The van der Waals surface area contributed by atoms with Crippen molar-refractivity contribution in [2.24, 2.45) is 0 Å². The average molecular weight is 296 g/mol. The van der Waals surface area contributed by atoms with Crippen molar-refractivity contribution in [1.29, 1.82) is 0 Å². The lowest BCUT2D eigenvalue weighted by atomic mass is 9.96. The van der Waals surface area contributed by atoms with Gasteiger partial charge < -0.3 is 20.7 Å². The Balaban J connectivity index is 2.16. The topological polar surface area (TPSA) is 97.0 Å². The molecule has 0 aliphatic carbocycles. The number of hydrogen-bond donors (Lipinski definition) is 2. The van der Waals surface area contributed by atoms with Crippen molar-refractivity contribution in [3.8, 4) is 11.3 Å². The fourth-order valence-electron chi connectivity index (χ4n) is 2.49. The van der Waals surface area contributed by atoms with Gasteiger partial charge in [-0.2, -0.15) is 0 Å². The number of pyridine rings is 1. The molecule has 0 amide bonds. The zero-order valence-electron chi connectivity index (χ0n) is 12.3. The molecule has 7 nitrogen and oxygen atoms in total. The Bertz CT molecular complexity index is 740. The maximum atomic E-state index is 11.4. The first-order chi connectivity index (χ1) is 10.6. The maximum absolute atomic E-state index is 11.4. The van der Waals surface area contributed by atoms with Crippen LogP contribution >= 0.6 is 0 Å². The number of rotatable bonds is 3. The Morgan fingerprint density at radius 2 is 2.09 bits per heavy atom. The van der Waals surface area contributed by atoms with E-state index in [4.69, 9.17) is 5.73 Å². The fourth-order valence-corrected chi connectivity index (χ4v) is 2.49. The second kappa shape index (κ2) is 5.44. The Morgan fingerprint density at radius 1 is 1.36 bits per heavy atom. The normalized spacial score (nSPS) is 16.3. The molecule has 0 saturated heterocycles. The molecule has 1 aliphatic heterocycles. The van der Waals surface area contributed by atoms with Crippen molar-refractivity contribution < 1.29 is 4.79 Å². The first-order valence-corrected chi connectivity index (χ1v) is 6.80. The van der Waals surface area contributed by atoms with Gasteiger partial charge in [-0.15, -0.1) is 0 Å². The zero-order valence-corrected chi connectivity index (χ0v) is 12.3. The smallest absolute Gasteiger partial charge is 0.219 e. The van der Waals surface area contributed by atoms with E-state index >= 15 is 0 Å². The number of nitrogens with one attached hydrogen (secondary N) is 1. The molecule has 2 aromatic heterocycles. The van der Waals surface area contributed by atoms with Gasteiger partial charge in [0.15, 0.2) is 0 Å². The standard InChI is InChI=1S/C15H16N6O/c1-17-14-13-9(3-4-21(2)12(13)8-22)5-11(20-14)10-6-18-15(16)19-7-10/h3-8,12H,1-2H3,(H,17,20)(H2,16,18,19). The number of nitrogens with two attached hydrogens (primary N) is 1. The van der Waals surface area contributed by atoms with Gasteiger partial charge in [-0.05, 0) is 17.7 Å². The lowest BCUT2D eigenvalue weighted by Gasteiger charge is -2.29. The van der Waals surface area contributed by atoms with Crippen LogP contribution in [0.5, 0.6) is 0 Å². The summed E-state index contributed by atoms with van der Waals surface area (Å²) in [5, 5.41) is 3.07. The lowest BCUT2D eigenvalue weighted by molar-refractivity contribution is -0.111. The second-order valence-corrected chi connectivity index (χ2v) is 5.00. The molecule has 0 fully saturated rings. The van der Waals surface area contributed by atoms with E-state index in [0.29, 0.717) is 5.82 Å². The van der Waals surface area contributed by atoms with Crippen LogP contribution in [0, 0.1) is 0 Å². The molecular formula is C15H16N6O. The number of nitrogen functional groups attached to an aromatic ring is 1.